The van der Waals surface area contributed by atoms with E-state index in [0.29, 0.717) is 0 Å². The molecule has 0 unspecified atom stereocenters. The molecule has 1 rings (SSSR count). The standard InChI is InChI=1S/C12H20BrN3/c1-10-6-9-16-12(11(10)13)15-8-5-3-2-4-7-14/h6,9H,2-5,7-8,14H2,1H3,(H,15,16). The predicted molar refractivity (Wildman–Crippen MR) is 72.7 cm³/mol. The number of aromatic nitrogens is 1. The number of unbranched alkanes of at least 4 members (excludes halogenated alkanes) is 3. The third-order valence-corrected chi connectivity index (χ3v) is 3.51. The van der Waals surface area contributed by atoms with Crippen LogP contribution in [0.2, 0.25) is 0 Å². The van der Waals surface area contributed by atoms with Crippen molar-refractivity contribution in [2.24, 2.45) is 5.73 Å². The van der Waals surface area contributed by atoms with Gasteiger partial charge in [0.25, 0.3) is 0 Å². The molecule has 0 aliphatic rings. The first-order valence-corrected chi connectivity index (χ1v) is 6.60. The van der Waals surface area contributed by atoms with Gasteiger partial charge < -0.3 is 11.1 Å². The lowest BCUT2D eigenvalue weighted by Crippen LogP contribution is -2.05. The van der Waals surface area contributed by atoms with Gasteiger partial charge in [-0.25, -0.2) is 4.98 Å². The third kappa shape index (κ3) is 4.49. The highest BCUT2D eigenvalue weighted by molar-refractivity contribution is 9.10. The van der Waals surface area contributed by atoms with Crippen LogP contribution in [0.1, 0.15) is 31.2 Å². The Kier molecular flexibility index (Phi) is 6.42. The van der Waals surface area contributed by atoms with Crippen molar-refractivity contribution in [2.75, 3.05) is 18.4 Å². The van der Waals surface area contributed by atoms with E-state index in [2.05, 4.69) is 33.2 Å². The van der Waals surface area contributed by atoms with Crippen molar-refractivity contribution < 1.29 is 0 Å². The molecule has 16 heavy (non-hydrogen) atoms. The van der Waals surface area contributed by atoms with Crippen LogP contribution in [0.4, 0.5) is 5.82 Å². The highest BCUT2D eigenvalue weighted by Gasteiger charge is 2.02. The Morgan fingerprint density at radius 3 is 2.81 bits per heavy atom. The molecular weight excluding hydrogens is 266 g/mol. The number of halogens is 1. The average molecular weight is 286 g/mol. The zero-order valence-electron chi connectivity index (χ0n) is 9.80. The van der Waals surface area contributed by atoms with Crippen LogP contribution < -0.4 is 11.1 Å². The smallest absolute Gasteiger partial charge is 0.140 e. The zero-order valence-corrected chi connectivity index (χ0v) is 11.4. The van der Waals surface area contributed by atoms with Gasteiger partial charge in [-0.2, -0.15) is 0 Å². The molecule has 0 atom stereocenters. The molecule has 1 aromatic heterocycles. The van der Waals surface area contributed by atoms with Crippen molar-refractivity contribution in [1.29, 1.82) is 0 Å². The summed E-state index contributed by atoms with van der Waals surface area (Å²) in [5.74, 6) is 0.943. The van der Waals surface area contributed by atoms with Gasteiger partial charge >= 0.3 is 0 Å². The molecule has 0 aromatic carbocycles. The lowest BCUT2D eigenvalue weighted by molar-refractivity contribution is 0.661. The number of pyridine rings is 1. The van der Waals surface area contributed by atoms with Crippen LogP contribution in [0.5, 0.6) is 0 Å². The summed E-state index contributed by atoms with van der Waals surface area (Å²) in [5.41, 5.74) is 6.65. The first-order chi connectivity index (χ1) is 7.75. The van der Waals surface area contributed by atoms with Crippen molar-refractivity contribution in [3.63, 3.8) is 0 Å². The van der Waals surface area contributed by atoms with E-state index in [9.17, 15) is 0 Å². The van der Waals surface area contributed by atoms with Gasteiger partial charge in [0.2, 0.25) is 0 Å². The first kappa shape index (κ1) is 13.5. The molecule has 0 fully saturated rings. The van der Waals surface area contributed by atoms with Crippen LogP contribution in [0.3, 0.4) is 0 Å². The van der Waals surface area contributed by atoms with Gasteiger partial charge in [-0.05, 0) is 53.9 Å². The van der Waals surface area contributed by atoms with Crippen LogP contribution in [-0.4, -0.2) is 18.1 Å². The molecule has 0 radical (unpaired) electrons. The second kappa shape index (κ2) is 7.63. The maximum absolute atomic E-state index is 5.44. The summed E-state index contributed by atoms with van der Waals surface area (Å²) in [7, 11) is 0. The summed E-state index contributed by atoms with van der Waals surface area (Å²) in [4.78, 5) is 4.30. The van der Waals surface area contributed by atoms with Gasteiger partial charge in [-0.15, -0.1) is 0 Å². The molecule has 3 nitrogen and oxygen atoms in total. The molecule has 1 aromatic rings. The van der Waals surface area contributed by atoms with E-state index in [1.54, 1.807) is 0 Å². The summed E-state index contributed by atoms with van der Waals surface area (Å²) < 4.78 is 1.07. The quantitative estimate of drug-likeness (QED) is 0.757. The molecule has 0 amide bonds. The Morgan fingerprint density at radius 2 is 2.06 bits per heavy atom. The van der Waals surface area contributed by atoms with Gasteiger partial charge in [0.1, 0.15) is 5.82 Å². The summed E-state index contributed by atoms with van der Waals surface area (Å²) in [6, 6.07) is 2.00. The molecule has 1 heterocycles. The number of aryl methyl sites for hydroxylation is 1. The monoisotopic (exact) mass is 285 g/mol. The number of hydrogen-bond donors (Lipinski definition) is 2. The summed E-state index contributed by atoms with van der Waals surface area (Å²) >= 11 is 3.53. The fraction of sp³-hybridized carbons (Fsp3) is 0.583. The molecule has 4 heteroatoms. The van der Waals surface area contributed by atoms with E-state index in [-0.39, 0.29) is 0 Å². The van der Waals surface area contributed by atoms with Crippen molar-refractivity contribution in [3.8, 4) is 0 Å². The van der Waals surface area contributed by atoms with Crippen LogP contribution in [0, 0.1) is 6.92 Å². The van der Waals surface area contributed by atoms with Crippen molar-refractivity contribution in [1.82, 2.24) is 4.98 Å². The third-order valence-electron chi connectivity index (χ3n) is 2.51. The SMILES string of the molecule is Cc1ccnc(NCCCCCCN)c1Br. The number of hydrogen-bond acceptors (Lipinski definition) is 3. The lowest BCUT2D eigenvalue weighted by atomic mass is 10.2. The molecule has 0 spiro atoms. The molecule has 3 N–H and O–H groups in total. The molecule has 0 aliphatic carbocycles. The Balaban J connectivity index is 2.24. The number of anilines is 1. The molecule has 0 bridgehead atoms. The summed E-state index contributed by atoms with van der Waals surface area (Å²) in [6.45, 7) is 3.84. The molecule has 0 aliphatic heterocycles. The van der Waals surface area contributed by atoms with E-state index in [4.69, 9.17) is 5.73 Å². The van der Waals surface area contributed by atoms with E-state index in [1.807, 2.05) is 12.3 Å². The normalized spacial score (nSPS) is 10.4. The second-order valence-electron chi connectivity index (χ2n) is 3.92. The largest absolute Gasteiger partial charge is 0.369 e. The van der Waals surface area contributed by atoms with Crippen molar-refractivity contribution in [2.45, 2.75) is 32.6 Å². The van der Waals surface area contributed by atoms with Crippen molar-refractivity contribution >= 4 is 21.7 Å². The minimum Gasteiger partial charge on any atom is -0.369 e. The van der Waals surface area contributed by atoms with Crippen molar-refractivity contribution in [3.05, 3.63) is 22.3 Å². The molecular formula is C12H20BrN3. The number of rotatable bonds is 7. The van der Waals surface area contributed by atoms with E-state index < -0.39 is 0 Å². The van der Waals surface area contributed by atoms with Gasteiger partial charge in [0, 0.05) is 12.7 Å². The zero-order chi connectivity index (χ0) is 11.8. The predicted octanol–water partition coefficient (Wildman–Crippen LogP) is 3.08. The van der Waals surface area contributed by atoms with Gasteiger partial charge in [0.15, 0.2) is 0 Å². The maximum atomic E-state index is 5.44. The van der Waals surface area contributed by atoms with Gasteiger partial charge in [-0.3, -0.25) is 0 Å². The van der Waals surface area contributed by atoms with E-state index in [1.165, 1.54) is 24.8 Å². The maximum Gasteiger partial charge on any atom is 0.140 e. The Labute approximate surface area is 106 Å². The van der Waals surface area contributed by atoms with E-state index >= 15 is 0 Å². The van der Waals surface area contributed by atoms with Crippen LogP contribution in [0.15, 0.2) is 16.7 Å². The fourth-order valence-corrected chi connectivity index (χ4v) is 1.87. The Bertz CT molecular complexity index is 315. The highest BCUT2D eigenvalue weighted by atomic mass is 79.9. The van der Waals surface area contributed by atoms with Gasteiger partial charge in [-0.1, -0.05) is 12.8 Å². The fourth-order valence-electron chi connectivity index (χ4n) is 1.49. The topological polar surface area (TPSA) is 50.9 Å². The van der Waals surface area contributed by atoms with Gasteiger partial charge in [0.05, 0.1) is 4.47 Å². The average Bonchev–Trinajstić information content (AvgIpc) is 2.29. The van der Waals surface area contributed by atoms with Crippen LogP contribution >= 0.6 is 15.9 Å². The number of nitrogens with two attached hydrogens (primary N) is 1. The van der Waals surface area contributed by atoms with E-state index in [0.717, 1.165) is 29.8 Å². The Morgan fingerprint density at radius 1 is 1.31 bits per heavy atom. The molecule has 90 valence electrons. The highest BCUT2D eigenvalue weighted by Crippen LogP contribution is 2.23. The van der Waals surface area contributed by atoms with Crippen LogP contribution in [0.25, 0.3) is 0 Å². The Hall–Kier alpha value is -0.610. The number of nitrogens with one attached hydrogen (secondary N) is 1. The van der Waals surface area contributed by atoms with Crippen LogP contribution in [-0.2, 0) is 0 Å². The first-order valence-electron chi connectivity index (χ1n) is 5.80. The molecule has 0 saturated heterocycles. The minimum atomic E-state index is 0.804. The second-order valence-corrected chi connectivity index (χ2v) is 4.71. The summed E-state index contributed by atoms with van der Waals surface area (Å²) in [5, 5.41) is 3.34. The summed E-state index contributed by atoms with van der Waals surface area (Å²) in [6.07, 6.45) is 6.58. The molecule has 0 saturated carbocycles. The number of nitrogens with zero attached hydrogens (tertiary/aromatic N) is 1. The minimum absolute atomic E-state index is 0.804. The lowest BCUT2D eigenvalue weighted by Gasteiger charge is -2.08.